The lowest BCUT2D eigenvalue weighted by molar-refractivity contribution is -0.167. The average molecular weight is 238 g/mol. The molecule has 94 valence electrons. The van der Waals surface area contributed by atoms with Crippen molar-refractivity contribution in [2.75, 3.05) is 7.11 Å². The number of hydrogen-bond donors (Lipinski definition) is 0. The van der Waals surface area contributed by atoms with Crippen LogP contribution in [-0.4, -0.2) is 30.9 Å². The first-order valence-corrected chi connectivity index (χ1v) is 6.14. The molecule has 0 N–H and O–H groups in total. The van der Waals surface area contributed by atoms with Crippen LogP contribution in [0.2, 0.25) is 0 Å². The van der Waals surface area contributed by atoms with Crippen LogP contribution in [0.25, 0.3) is 0 Å². The summed E-state index contributed by atoms with van der Waals surface area (Å²) in [5.74, 6) is 0.809. The Hall–Kier alpha value is -0.870. The van der Waals surface area contributed by atoms with E-state index in [4.69, 9.17) is 14.2 Å². The van der Waals surface area contributed by atoms with Crippen molar-refractivity contribution < 1.29 is 19.0 Å². The summed E-state index contributed by atoms with van der Waals surface area (Å²) in [4.78, 5) is 12.2. The zero-order chi connectivity index (χ0) is 12.2. The van der Waals surface area contributed by atoms with Gasteiger partial charge in [0.2, 0.25) is 0 Å². The van der Waals surface area contributed by atoms with Gasteiger partial charge in [-0.2, -0.15) is 0 Å². The molecular formula is C13H18O4. The van der Waals surface area contributed by atoms with Crippen LogP contribution >= 0.6 is 0 Å². The molecule has 1 heterocycles. The Labute approximate surface area is 101 Å². The van der Waals surface area contributed by atoms with Crippen LogP contribution in [0.3, 0.4) is 0 Å². The van der Waals surface area contributed by atoms with Crippen LogP contribution in [0, 0.1) is 11.8 Å². The highest BCUT2D eigenvalue weighted by Gasteiger charge is 2.58. The minimum atomic E-state index is -0.635. The number of carbonyl (C=O) groups excluding carboxylic acids is 1. The lowest BCUT2D eigenvalue weighted by Gasteiger charge is -2.28. The molecule has 2 aliphatic carbocycles. The van der Waals surface area contributed by atoms with Gasteiger partial charge < -0.3 is 14.2 Å². The number of carbonyl (C=O) groups is 1. The Bertz CT molecular complexity index is 385. The van der Waals surface area contributed by atoms with Crippen molar-refractivity contribution in [3.05, 3.63) is 11.8 Å². The summed E-state index contributed by atoms with van der Waals surface area (Å²) >= 11 is 0. The molecule has 0 aromatic heterocycles. The van der Waals surface area contributed by atoms with Crippen LogP contribution < -0.4 is 0 Å². The molecule has 4 nitrogen and oxygen atoms in total. The Kier molecular flexibility index (Phi) is 2.35. The van der Waals surface area contributed by atoms with Gasteiger partial charge in [-0.25, -0.2) is 0 Å². The highest BCUT2D eigenvalue weighted by molar-refractivity contribution is 5.89. The lowest BCUT2D eigenvalue weighted by atomic mass is 9.83. The third-order valence-corrected chi connectivity index (χ3v) is 4.01. The van der Waals surface area contributed by atoms with Crippen LogP contribution in [0.4, 0.5) is 0 Å². The molecule has 1 saturated carbocycles. The molecule has 0 amide bonds. The molecule has 2 fully saturated rings. The first-order chi connectivity index (χ1) is 8.02. The van der Waals surface area contributed by atoms with Gasteiger partial charge in [0.25, 0.3) is 0 Å². The monoisotopic (exact) mass is 238 g/mol. The molecule has 3 rings (SSSR count). The molecule has 0 aromatic rings. The van der Waals surface area contributed by atoms with Crippen LogP contribution in [0.1, 0.15) is 26.7 Å². The van der Waals surface area contributed by atoms with E-state index in [9.17, 15) is 4.79 Å². The maximum Gasteiger partial charge on any atom is 0.168 e. The summed E-state index contributed by atoms with van der Waals surface area (Å²) in [6.07, 6.45) is 3.09. The second-order valence-corrected chi connectivity index (χ2v) is 5.51. The fourth-order valence-electron chi connectivity index (χ4n) is 3.26. The zero-order valence-electron chi connectivity index (χ0n) is 10.4. The van der Waals surface area contributed by atoms with Gasteiger partial charge in [-0.05, 0) is 26.3 Å². The van der Waals surface area contributed by atoms with Crippen molar-refractivity contribution in [2.45, 2.75) is 44.7 Å². The lowest BCUT2D eigenvalue weighted by Crippen LogP contribution is -2.31. The first kappa shape index (κ1) is 11.2. The molecule has 4 heteroatoms. The maximum absolute atomic E-state index is 12.2. The van der Waals surface area contributed by atoms with Crippen LogP contribution in [-0.2, 0) is 19.0 Å². The molecule has 0 unspecified atom stereocenters. The predicted molar refractivity (Wildman–Crippen MR) is 60.1 cm³/mol. The largest absolute Gasteiger partial charge is 0.501 e. The van der Waals surface area contributed by atoms with Gasteiger partial charge in [-0.3, -0.25) is 4.79 Å². The predicted octanol–water partition coefficient (Wildman–Crippen LogP) is 1.65. The summed E-state index contributed by atoms with van der Waals surface area (Å²) in [5, 5.41) is 0. The third kappa shape index (κ3) is 1.62. The molecule has 0 radical (unpaired) electrons. The first-order valence-electron chi connectivity index (χ1n) is 6.14. The van der Waals surface area contributed by atoms with Crippen molar-refractivity contribution in [3.8, 4) is 0 Å². The average Bonchev–Trinajstić information content (AvgIpc) is 2.73. The highest BCUT2D eigenvalue weighted by Crippen LogP contribution is 2.48. The van der Waals surface area contributed by atoms with Crippen molar-refractivity contribution in [1.82, 2.24) is 0 Å². The molecule has 0 aromatic carbocycles. The molecular weight excluding hydrogens is 220 g/mol. The second kappa shape index (κ2) is 3.56. The van der Waals surface area contributed by atoms with Gasteiger partial charge in [0.1, 0.15) is 6.10 Å². The van der Waals surface area contributed by atoms with E-state index in [1.54, 1.807) is 7.11 Å². The standard InChI is InChI=1S/C13H18O4/c1-13(2)16-11-9-6-7(15-3)4-5-8(9)10(14)12(11)17-13/h4,8-9,11-12H,5-6H2,1-3H3/t8-,9+,11-,12+/m0/s1. The van der Waals surface area contributed by atoms with E-state index >= 15 is 0 Å². The number of rotatable bonds is 1. The third-order valence-electron chi connectivity index (χ3n) is 4.01. The molecule has 17 heavy (non-hydrogen) atoms. The zero-order valence-corrected chi connectivity index (χ0v) is 10.4. The van der Waals surface area contributed by atoms with Crippen molar-refractivity contribution in [3.63, 3.8) is 0 Å². The quantitative estimate of drug-likeness (QED) is 0.696. The van der Waals surface area contributed by atoms with E-state index in [2.05, 4.69) is 0 Å². The van der Waals surface area contributed by atoms with E-state index in [0.717, 1.165) is 18.6 Å². The minimum Gasteiger partial charge on any atom is -0.501 e. The van der Waals surface area contributed by atoms with Gasteiger partial charge in [-0.15, -0.1) is 0 Å². The molecule has 1 saturated heterocycles. The summed E-state index contributed by atoms with van der Waals surface area (Å²) in [6.45, 7) is 3.73. The van der Waals surface area contributed by atoms with Gasteiger partial charge >= 0.3 is 0 Å². The molecule has 1 aliphatic heterocycles. The van der Waals surface area contributed by atoms with Crippen molar-refractivity contribution in [1.29, 1.82) is 0 Å². The number of fused-ring (bicyclic) bond motifs is 3. The van der Waals surface area contributed by atoms with Gasteiger partial charge in [-0.1, -0.05) is 0 Å². The second-order valence-electron chi connectivity index (χ2n) is 5.51. The Balaban J connectivity index is 1.86. The molecule has 4 atom stereocenters. The van der Waals surface area contributed by atoms with E-state index in [1.165, 1.54) is 0 Å². The summed E-state index contributed by atoms with van der Waals surface area (Å²) < 4.78 is 16.9. The van der Waals surface area contributed by atoms with E-state index < -0.39 is 5.79 Å². The summed E-state index contributed by atoms with van der Waals surface area (Å²) in [7, 11) is 1.68. The number of methoxy groups -OCH3 is 1. The highest BCUT2D eigenvalue weighted by atomic mass is 16.8. The fourth-order valence-corrected chi connectivity index (χ4v) is 3.26. The van der Waals surface area contributed by atoms with Crippen molar-refractivity contribution >= 4 is 5.78 Å². The summed E-state index contributed by atoms with van der Waals surface area (Å²) in [6, 6.07) is 0. The van der Waals surface area contributed by atoms with E-state index in [-0.39, 0.29) is 29.8 Å². The number of Topliss-reactive ketones (excluding diaryl/α,β-unsaturated/α-hetero) is 1. The number of ketones is 1. The van der Waals surface area contributed by atoms with Crippen molar-refractivity contribution in [2.24, 2.45) is 11.8 Å². The van der Waals surface area contributed by atoms with Gasteiger partial charge in [0, 0.05) is 18.3 Å². The maximum atomic E-state index is 12.2. The normalized spacial score (nSPS) is 43.0. The van der Waals surface area contributed by atoms with Gasteiger partial charge in [0.05, 0.1) is 19.0 Å². The van der Waals surface area contributed by atoms with Gasteiger partial charge in [0.15, 0.2) is 11.6 Å². The summed E-state index contributed by atoms with van der Waals surface area (Å²) in [5.41, 5.74) is 0. The SMILES string of the molecule is COC1=CC[C@@H]2C(=O)[C@H]3OC(C)(C)O[C@H]3[C@@H]2C1. The number of allylic oxidation sites excluding steroid dienone is 2. The Morgan fingerprint density at radius 3 is 2.88 bits per heavy atom. The number of ether oxygens (including phenoxy) is 3. The molecule has 0 bridgehead atoms. The Morgan fingerprint density at radius 2 is 2.18 bits per heavy atom. The Morgan fingerprint density at radius 1 is 1.41 bits per heavy atom. The smallest absolute Gasteiger partial charge is 0.168 e. The fraction of sp³-hybridized carbons (Fsp3) is 0.769. The molecule has 3 aliphatic rings. The van der Waals surface area contributed by atoms with E-state index in [0.29, 0.717) is 0 Å². The van der Waals surface area contributed by atoms with E-state index in [1.807, 2.05) is 19.9 Å². The van der Waals surface area contributed by atoms with Crippen LogP contribution in [0.15, 0.2) is 11.8 Å². The van der Waals surface area contributed by atoms with Crippen LogP contribution in [0.5, 0.6) is 0 Å². The molecule has 0 spiro atoms. The topological polar surface area (TPSA) is 44.8 Å². The minimum absolute atomic E-state index is 0.0556. The number of hydrogen-bond acceptors (Lipinski definition) is 4.